The summed E-state index contributed by atoms with van der Waals surface area (Å²) in [6.45, 7) is 5.00. The number of fused-ring (bicyclic) bond motifs is 1. The number of rotatable bonds is 2. The van der Waals surface area contributed by atoms with Gasteiger partial charge in [-0.25, -0.2) is 4.79 Å². The SMILES string of the molecule is C[C@H]1Cc2ccccc2[C@H]1NC(=O)N1CCCN(C(=O)C2CC2)CC1. The molecule has 0 radical (unpaired) electrons. The molecular weight excluding hydrogens is 314 g/mol. The van der Waals surface area contributed by atoms with Crippen molar-refractivity contribution in [2.75, 3.05) is 26.2 Å². The van der Waals surface area contributed by atoms with Crippen molar-refractivity contribution < 1.29 is 9.59 Å². The van der Waals surface area contributed by atoms with E-state index in [2.05, 4.69) is 30.4 Å². The topological polar surface area (TPSA) is 52.7 Å². The van der Waals surface area contributed by atoms with Crippen LogP contribution < -0.4 is 5.32 Å². The van der Waals surface area contributed by atoms with E-state index in [-0.39, 0.29) is 18.0 Å². The standard InChI is InChI=1S/C20H27N3O2/c1-14-13-16-5-2-3-6-17(16)18(14)21-20(25)23-10-4-9-22(11-12-23)19(24)15-7-8-15/h2-3,5-6,14-15,18H,4,7-13H2,1H3,(H,21,25)/t14-,18-/m0/s1. The zero-order chi connectivity index (χ0) is 17.4. The van der Waals surface area contributed by atoms with Gasteiger partial charge >= 0.3 is 6.03 Å². The van der Waals surface area contributed by atoms with Gasteiger partial charge in [0.25, 0.3) is 0 Å². The third kappa shape index (κ3) is 3.37. The fraction of sp³-hybridized carbons (Fsp3) is 0.600. The number of urea groups is 1. The molecule has 134 valence electrons. The fourth-order valence-electron chi connectivity index (χ4n) is 4.17. The third-order valence-corrected chi connectivity index (χ3v) is 5.80. The van der Waals surface area contributed by atoms with E-state index < -0.39 is 0 Å². The van der Waals surface area contributed by atoms with Gasteiger partial charge in [-0.2, -0.15) is 0 Å². The van der Waals surface area contributed by atoms with Crippen LogP contribution >= 0.6 is 0 Å². The normalized spacial score (nSPS) is 26.1. The van der Waals surface area contributed by atoms with Crippen LogP contribution in [0.3, 0.4) is 0 Å². The van der Waals surface area contributed by atoms with E-state index >= 15 is 0 Å². The first kappa shape index (κ1) is 16.4. The maximum Gasteiger partial charge on any atom is 0.317 e. The number of amides is 3. The van der Waals surface area contributed by atoms with Crippen LogP contribution in [0.1, 0.15) is 43.4 Å². The van der Waals surface area contributed by atoms with Gasteiger partial charge in [-0.15, -0.1) is 0 Å². The van der Waals surface area contributed by atoms with Gasteiger partial charge in [0.05, 0.1) is 6.04 Å². The van der Waals surface area contributed by atoms with Crippen molar-refractivity contribution >= 4 is 11.9 Å². The number of hydrogen-bond donors (Lipinski definition) is 1. The summed E-state index contributed by atoms with van der Waals surface area (Å²) in [5.41, 5.74) is 2.60. The second-order valence-electron chi connectivity index (χ2n) is 7.75. The first-order chi connectivity index (χ1) is 12.1. The Kier molecular flexibility index (Phi) is 4.40. The number of nitrogens with one attached hydrogen (secondary N) is 1. The molecule has 2 fully saturated rings. The summed E-state index contributed by atoms with van der Waals surface area (Å²) >= 11 is 0. The van der Waals surface area contributed by atoms with E-state index in [1.165, 1.54) is 11.1 Å². The number of nitrogens with zero attached hydrogens (tertiary/aromatic N) is 2. The maximum absolute atomic E-state index is 12.8. The summed E-state index contributed by atoms with van der Waals surface area (Å²) in [5, 5.41) is 3.25. The Morgan fingerprint density at radius 1 is 1.04 bits per heavy atom. The quantitative estimate of drug-likeness (QED) is 0.899. The fourth-order valence-corrected chi connectivity index (χ4v) is 4.17. The largest absolute Gasteiger partial charge is 0.341 e. The van der Waals surface area contributed by atoms with Crippen LogP contribution in [-0.2, 0) is 11.2 Å². The average molecular weight is 341 g/mol. The highest BCUT2D eigenvalue weighted by Gasteiger charge is 2.35. The van der Waals surface area contributed by atoms with Crippen molar-refractivity contribution in [3.8, 4) is 0 Å². The second kappa shape index (κ2) is 6.70. The summed E-state index contributed by atoms with van der Waals surface area (Å²) in [4.78, 5) is 28.9. The van der Waals surface area contributed by atoms with E-state index in [1.807, 2.05) is 15.9 Å². The molecule has 0 aromatic heterocycles. The van der Waals surface area contributed by atoms with Gasteiger partial charge < -0.3 is 15.1 Å². The molecule has 5 nitrogen and oxygen atoms in total. The van der Waals surface area contributed by atoms with Crippen molar-refractivity contribution in [3.05, 3.63) is 35.4 Å². The van der Waals surface area contributed by atoms with Crippen LogP contribution in [0.25, 0.3) is 0 Å². The lowest BCUT2D eigenvalue weighted by Crippen LogP contribution is -2.44. The molecular formula is C20H27N3O2. The molecule has 1 N–H and O–H groups in total. The molecule has 0 spiro atoms. The van der Waals surface area contributed by atoms with Gasteiger partial charge in [-0.3, -0.25) is 4.79 Å². The summed E-state index contributed by atoms with van der Waals surface area (Å²) in [5.74, 6) is 0.970. The molecule has 1 saturated heterocycles. The lowest BCUT2D eigenvalue weighted by molar-refractivity contribution is -0.132. The van der Waals surface area contributed by atoms with Crippen LogP contribution in [0.4, 0.5) is 4.79 Å². The van der Waals surface area contributed by atoms with Gasteiger partial charge in [0.2, 0.25) is 5.91 Å². The molecule has 1 aromatic carbocycles. The monoisotopic (exact) mass is 341 g/mol. The molecule has 2 aliphatic carbocycles. The Bertz CT molecular complexity index is 671. The predicted molar refractivity (Wildman–Crippen MR) is 96.1 cm³/mol. The van der Waals surface area contributed by atoms with Crippen molar-refractivity contribution in [2.45, 2.75) is 38.6 Å². The first-order valence-corrected chi connectivity index (χ1v) is 9.55. The molecule has 1 saturated carbocycles. The van der Waals surface area contributed by atoms with Crippen LogP contribution in [0.5, 0.6) is 0 Å². The molecule has 3 aliphatic rings. The highest BCUT2D eigenvalue weighted by molar-refractivity contribution is 5.81. The Hall–Kier alpha value is -2.04. The van der Waals surface area contributed by atoms with Gasteiger partial charge in [-0.05, 0) is 42.7 Å². The van der Waals surface area contributed by atoms with E-state index in [0.29, 0.717) is 24.9 Å². The van der Waals surface area contributed by atoms with E-state index in [0.717, 1.165) is 38.8 Å². The van der Waals surface area contributed by atoms with Crippen molar-refractivity contribution in [2.24, 2.45) is 11.8 Å². The van der Waals surface area contributed by atoms with Crippen LogP contribution in [0.2, 0.25) is 0 Å². The van der Waals surface area contributed by atoms with Crippen molar-refractivity contribution in [3.63, 3.8) is 0 Å². The molecule has 5 heteroatoms. The van der Waals surface area contributed by atoms with Gasteiger partial charge in [0.15, 0.2) is 0 Å². The molecule has 0 unspecified atom stereocenters. The minimum atomic E-state index is 0.00859. The lowest BCUT2D eigenvalue weighted by atomic mass is 10.0. The highest BCUT2D eigenvalue weighted by atomic mass is 16.2. The van der Waals surface area contributed by atoms with Gasteiger partial charge in [0.1, 0.15) is 0 Å². The molecule has 1 heterocycles. The van der Waals surface area contributed by atoms with E-state index in [4.69, 9.17) is 0 Å². The Morgan fingerprint density at radius 3 is 2.56 bits per heavy atom. The number of hydrogen-bond acceptors (Lipinski definition) is 2. The van der Waals surface area contributed by atoms with Gasteiger partial charge in [-0.1, -0.05) is 31.2 Å². The predicted octanol–water partition coefficient (Wildman–Crippen LogP) is 2.57. The zero-order valence-electron chi connectivity index (χ0n) is 14.9. The molecule has 25 heavy (non-hydrogen) atoms. The third-order valence-electron chi connectivity index (χ3n) is 5.80. The van der Waals surface area contributed by atoms with Crippen molar-refractivity contribution in [1.29, 1.82) is 0 Å². The summed E-state index contributed by atoms with van der Waals surface area (Å²) in [6.07, 6.45) is 3.96. The lowest BCUT2D eigenvalue weighted by Gasteiger charge is -2.26. The minimum Gasteiger partial charge on any atom is -0.341 e. The van der Waals surface area contributed by atoms with Crippen molar-refractivity contribution in [1.82, 2.24) is 15.1 Å². The molecule has 1 aromatic rings. The van der Waals surface area contributed by atoms with E-state index in [9.17, 15) is 9.59 Å². The minimum absolute atomic E-state index is 0.00859. The Morgan fingerprint density at radius 2 is 1.76 bits per heavy atom. The smallest absolute Gasteiger partial charge is 0.317 e. The summed E-state index contributed by atoms with van der Waals surface area (Å²) in [7, 11) is 0. The van der Waals surface area contributed by atoms with Crippen LogP contribution in [-0.4, -0.2) is 47.9 Å². The molecule has 0 bridgehead atoms. The maximum atomic E-state index is 12.8. The highest BCUT2D eigenvalue weighted by Crippen LogP contribution is 2.35. The number of carbonyl (C=O) groups is 2. The first-order valence-electron chi connectivity index (χ1n) is 9.55. The van der Waals surface area contributed by atoms with E-state index in [1.54, 1.807) is 0 Å². The number of carbonyl (C=O) groups excluding carboxylic acids is 2. The second-order valence-corrected chi connectivity index (χ2v) is 7.75. The molecule has 3 amide bonds. The Balaban J connectivity index is 1.37. The molecule has 1 aliphatic heterocycles. The van der Waals surface area contributed by atoms with Crippen LogP contribution in [0, 0.1) is 11.8 Å². The Labute approximate surface area is 149 Å². The summed E-state index contributed by atoms with van der Waals surface area (Å²) in [6, 6.07) is 8.50. The van der Waals surface area contributed by atoms with Crippen LogP contribution in [0.15, 0.2) is 24.3 Å². The average Bonchev–Trinajstić information content (AvgIpc) is 3.43. The summed E-state index contributed by atoms with van der Waals surface area (Å²) < 4.78 is 0. The zero-order valence-corrected chi connectivity index (χ0v) is 14.9. The van der Waals surface area contributed by atoms with Gasteiger partial charge in [0, 0.05) is 32.1 Å². The molecule has 4 rings (SSSR count). The molecule has 2 atom stereocenters. The number of benzene rings is 1.